The summed E-state index contributed by atoms with van der Waals surface area (Å²) in [5.41, 5.74) is 0.699. The first-order valence-corrected chi connectivity index (χ1v) is 8.07. The van der Waals surface area contributed by atoms with Gasteiger partial charge in [-0.1, -0.05) is 0 Å². The third-order valence-corrected chi connectivity index (χ3v) is 4.25. The Labute approximate surface area is 146 Å². The number of rotatable bonds is 7. The maximum atomic E-state index is 13.8. The normalized spacial score (nSPS) is 13.1. The molecule has 0 aliphatic carbocycles. The summed E-state index contributed by atoms with van der Waals surface area (Å²) in [5.74, 6) is -0.575. The van der Waals surface area contributed by atoms with E-state index in [4.69, 9.17) is 5.26 Å². The van der Waals surface area contributed by atoms with Gasteiger partial charge in [-0.2, -0.15) is 10.4 Å². The standard InChI is InChI=1S/C18H22FN5O/c1-13(14(2)24-8-4-7-22-24)21-11-18(25)23(3)12-16-9-15(10-20)5-6-17(16)19/h4-9,13-14,21H,11-12H2,1-3H3/t13-,14-/m1/s1. The van der Waals surface area contributed by atoms with Crippen LogP contribution in [0.5, 0.6) is 0 Å². The summed E-state index contributed by atoms with van der Waals surface area (Å²) in [5, 5.41) is 16.3. The minimum absolute atomic E-state index is 0.0379. The molecule has 2 aromatic rings. The highest BCUT2D eigenvalue weighted by Crippen LogP contribution is 2.13. The largest absolute Gasteiger partial charge is 0.340 e. The number of benzene rings is 1. The van der Waals surface area contributed by atoms with E-state index in [1.54, 1.807) is 13.2 Å². The smallest absolute Gasteiger partial charge is 0.236 e. The average Bonchev–Trinajstić information content (AvgIpc) is 3.15. The van der Waals surface area contributed by atoms with Crippen LogP contribution in [-0.4, -0.2) is 40.2 Å². The third-order valence-electron chi connectivity index (χ3n) is 4.25. The van der Waals surface area contributed by atoms with E-state index < -0.39 is 5.82 Å². The predicted octanol–water partition coefficient (Wildman–Crippen LogP) is 2.09. The molecule has 0 saturated heterocycles. The van der Waals surface area contributed by atoms with Gasteiger partial charge in [0.1, 0.15) is 5.82 Å². The summed E-state index contributed by atoms with van der Waals surface area (Å²) in [6.07, 6.45) is 3.59. The van der Waals surface area contributed by atoms with Crippen molar-refractivity contribution >= 4 is 5.91 Å². The van der Waals surface area contributed by atoms with Crippen LogP contribution in [0.2, 0.25) is 0 Å². The molecule has 132 valence electrons. The molecule has 1 aromatic heterocycles. The summed E-state index contributed by atoms with van der Waals surface area (Å²) in [7, 11) is 1.62. The van der Waals surface area contributed by atoms with Gasteiger partial charge < -0.3 is 10.2 Å². The number of nitriles is 1. The van der Waals surface area contributed by atoms with Gasteiger partial charge in [0.2, 0.25) is 5.91 Å². The Morgan fingerprint density at radius 1 is 1.48 bits per heavy atom. The van der Waals surface area contributed by atoms with Gasteiger partial charge in [0.15, 0.2) is 0 Å². The zero-order valence-electron chi connectivity index (χ0n) is 14.6. The van der Waals surface area contributed by atoms with Gasteiger partial charge in [-0.05, 0) is 38.1 Å². The lowest BCUT2D eigenvalue weighted by Crippen LogP contribution is -2.41. The summed E-state index contributed by atoms with van der Waals surface area (Å²) in [6, 6.07) is 8.09. The van der Waals surface area contributed by atoms with Gasteiger partial charge in [-0.15, -0.1) is 0 Å². The topological polar surface area (TPSA) is 74.0 Å². The van der Waals surface area contributed by atoms with Crippen molar-refractivity contribution < 1.29 is 9.18 Å². The highest BCUT2D eigenvalue weighted by Gasteiger charge is 2.17. The summed E-state index contributed by atoms with van der Waals surface area (Å²) in [4.78, 5) is 13.7. The molecule has 1 aromatic carbocycles. The van der Waals surface area contributed by atoms with Crippen molar-refractivity contribution in [3.05, 3.63) is 53.6 Å². The minimum atomic E-state index is -0.424. The molecular formula is C18H22FN5O. The van der Waals surface area contributed by atoms with E-state index in [9.17, 15) is 9.18 Å². The van der Waals surface area contributed by atoms with Crippen LogP contribution >= 0.6 is 0 Å². The van der Waals surface area contributed by atoms with Crippen LogP contribution in [0.25, 0.3) is 0 Å². The van der Waals surface area contributed by atoms with Crippen LogP contribution in [0, 0.1) is 17.1 Å². The van der Waals surface area contributed by atoms with Gasteiger partial charge >= 0.3 is 0 Å². The van der Waals surface area contributed by atoms with Crippen molar-refractivity contribution in [2.24, 2.45) is 0 Å². The van der Waals surface area contributed by atoms with Crippen molar-refractivity contribution in [3.63, 3.8) is 0 Å². The molecule has 0 aliphatic rings. The lowest BCUT2D eigenvalue weighted by molar-refractivity contribution is -0.129. The molecule has 1 heterocycles. The van der Waals surface area contributed by atoms with Crippen LogP contribution < -0.4 is 5.32 Å². The lowest BCUT2D eigenvalue weighted by Gasteiger charge is -2.23. The van der Waals surface area contributed by atoms with E-state index >= 15 is 0 Å². The third kappa shape index (κ3) is 4.88. The van der Waals surface area contributed by atoms with Gasteiger partial charge in [0, 0.05) is 37.6 Å². The molecule has 2 rings (SSSR count). The number of halogens is 1. The molecule has 25 heavy (non-hydrogen) atoms. The summed E-state index contributed by atoms with van der Waals surface area (Å²) < 4.78 is 15.7. The first kappa shape index (κ1) is 18.6. The second-order valence-corrected chi connectivity index (χ2v) is 6.06. The number of carbonyl (C=O) groups is 1. The molecule has 1 N–H and O–H groups in total. The number of aromatic nitrogens is 2. The van der Waals surface area contributed by atoms with E-state index in [-0.39, 0.29) is 31.1 Å². The summed E-state index contributed by atoms with van der Waals surface area (Å²) in [6.45, 7) is 4.26. The molecule has 0 unspecified atom stereocenters. The van der Waals surface area contributed by atoms with Gasteiger partial charge in [0.05, 0.1) is 24.2 Å². The van der Waals surface area contributed by atoms with Gasteiger partial charge in [-0.25, -0.2) is 4.39 Å². The van der Waals surface area contributed by atoms with E-state index in [2.05, 4.69) is 10.4 Å². The van der Waals surface area contributed by atoms with E-state index in [1.165, 1.54) is 23.1 Å². The SMILES string of the molecule is C[C@H]([C@@H](C)NCC(=O)N(C)Cc1cc(C#N)ccc1F)n1cccn1. The fraction of sp³-hybridized carbons (Fsp3) is 0.389. The Kier molecular flexibility index (Phi) is 6.25. The highest BCUT2D eigenvalue weighted by molar-refractivity contribution is 5.78. The number of amides is 1. The van der Waals surface area contributed by atoms with Crippen LogP contribution in [-0.2, 0) is 11.3 Å². The Morgan fingerprint density at radius 3 is 2.88 bits per heavy atom. The van der Waals surface area contributed by atoms with E-state index in [0.717, 1.165) is 0 Å². The number of hydrogen-bond acceptors (Lipinski definition) is 4. The van der Waals surface area contributed by atoms with Crippen molar-refractivity contribution in [1.82, 2.24) is 20.0 Å². The van der Waals surface area contributed by atoms with Crippen molar-refractivity contribution in [2.45, 2.75) is 32.5 Å². The lowest BCUT2D eigenvalue weighted by atomic mass is 10.1. The van der Waals surface area contributed by atoms with Crippen molar-refractivity contribution in [3.8, 4) is 6.07 Å². The van der Waals surface area contributed by atoms with Crippen LogP contribution in [0.4, 0.5) is 4.39 Å². The number of carbonyl (C=O) groups excluding carboxylic acids is 1. The van der Waals surface area contributed by atoms with E-state index in [0.29, 0.717) is 11.1 Å². The fourth-order valence-corrected chi connectivity index (χ4v) is 2.41. The minimum Gasteiger partial charge on any atom is -0.340 e. The number of likely N-dealkylation sites (N-methyl/N-ethyl adjacent to an activating group) is 1. The molecule has 0 bridgehead atoms. The van der Waals surface area contributed by atoms with Crippen molar-refractivity contribution in [2.75, 3.05) is 13.6 Å². The number of hydrogen-bond donors (Lipinski definition) is 1. The maximum Gasteiger partial charge on any atom is 0.236 e. The molecule has 1 amide bonds. The maximum absolute atomic E-state index is 13.8. The monoisotopic (exact) mass is 343 g/mol. The molecule has 0 radical (unpaired) electrons. The zero-order chi connectivity index (χ0) is 18.4. The van der Waals surface area contributed by atoms with Crippen LogP contribution in [0.1, 0.15) is 31.0 Å². The Balaban J connectivity index is 1.89. The molecule has 2 atom stereocenters. The van der Waals surface area contributed by atoms with Crippen LogP contribution in [0.15, 0.2) is 36.7 Å². The number of nitrogens with zero attached hydrogens (tertiary/aromatic N) is 4. The van der Waals surface area contributed by atoms with Gasteiger partial charge in [-0.3, -0.25) is 9.48 Å². The average molecular weight is 343 g/mol. The zero-order valence-corrected chi connectivity index (χ0v) is 14.6. The molecule has 6 nitrogen and oxygen atoms in total. The molecule has 0 saturated carbocycles. The molecular weight excluding hydrogens is 321 g/mol. The van der Waals surface area contributed by atoms with E-state index in [1.807, 2.05) is 36.9 Å². The second-order valence-electron chi connectivity index (χ2n) is 6.06. The Morgan fingerprint density at radius 2 is 2.24 bits per heavy atom. The highest BCUT2D eigenvalue weighted by atomic mass is 19.1. The summed E-state index contributed by atoms with van der Waals surface area (Å²) >= 11 is 0. The van der Waals surface area contributed by atoms with Gasteiger partial charge in [0.25, 0.3) is 0 Å². The molecule has 0 fully saturated rings. The Hall–Kier alpha value is -2.72. The first-order valence-electron chi connectivity index (χ1n) is 8.07. The second kappa shape index (κ2) is 8.40. The molecule has 0 spiro atoms. The number of nitrogens with one attached hydrogen (secondary N) is 1. The van der Waals surface area contributed by atoms with Crippen molar-refractivity contribution in [1.29, 1.82) is 5.26 Å². The quantitative estimate of drug-likeness (QED) is 0.835. The van der Waals surface area contributed by atoms with Crippen LogP contribution in [0.3, 0.4) is 0 Å². The predicted molar refractivity (Wildman–Crippen MR) is 92.0 cm³/mol. The first-order chi connectivity index (χ1) is 11.9. The molecule has 7 heteroatoms. The fourth-order valence-electron chi connectivity index (χ4n) is 2.41. The Bertz CT molecular complexity index is 753. The molecule has 0 aliphatic heterocycles.